The largest absolute Gasteiger partial charge is 0.366 e. The number of hydrogen-bond donors (Lipinski definition) is 1. The van der Waals surface area contributed by atoms with E-state index in [4.69, 9.17) is 0 Å². The molecule has 106 valence electrons. The standard InChI is InChI=1S/C16H25FN2/c1-11(2)10-19(13-8-9-13)16-14(12(3)18-4)6-5-7-15(16)17/h5-7,11-13,18H,8-10H2,1-4H3. The molecule has 0 radical (unpaired) electrons. The van der Waals surface area contributed by atoms with Crippen molar-refractivity contribution in [2.75, 3.05) is 18.5 Å². The Hall–Kier alpha value is -1.09. The topological polar surface area (TPSA) is 15.3 Å². The molecule has 0 saturated heterocycles. The summed E-state index contributed by atoms with van der Waals surface area (Å²) < 4.78 is 14.4. The Balaban J connectivity index is 2.39. The Labute approximate surface area is 116 Å². The second-order valence-electron chi connectivity index (χ2n) is 5.97. The van der Waals surface area contributed by atoms with E-state index < -0.39 is 0 Å². The van der Waals surface area contributed by atoms with Gasteiger partial charge >= 0.3 is 0 Å². The van der Waals surface area contributed by atoms with Crippen LogP contribution in [0.25, 0.3) is 0 Å². The first-order valence-electron chi connectivity index (χ1n) is 7.27. The third-order valence-corrected chi connectivity index (χ3v) is 3.75. The second kappa shape index (κ2) is 5.91. The summed E-state index contributed by atoms with van der Waals surface area (Å²) in [5.74, 6) is 0.449. The van der Waals surface area contributed by atoms with Crippen molar-refractivity contribution < 1.29 is 4.39 Å². The van der Waals surface area contributed by atoms with Crippen LogP contribution in [0.1, 0.15) is 45.2 Å². The van der Waals surface area contributed by atoms with E-state index in [1.165, 1.54) is 12.8 Å². The maximum absolute atomic E-state index is 14.4. The molecule has 19 heavy (non-hydrogen) atoms. The monoisotopic (exact) mass is 264 g/mol. The van der Waals surface area contributed by atoms with Gasteiger partial charge in [-0.2, -0.15) is 0 Å². The third-order valence-electron chi connectivity index (χ3n) is 3.75. The molecule has 1 aromatic carbocycles. The molecule has 0 spiro atoms. The fraction of sp³-hybridized carbons (Fsp3) is 0.625. The van der Waals surface area contributed by atoms with Crippen molar-refractivity contribution in [2.45, 2.75) is 45.7 Å². The molecule has 0 bridgehead atoms. The van der Waals surface area contributed by atoms with Crippen LogP contribution in [0, 0.1) is 11.7 Å². The van der Waals surface area contributed by atoms with Gasteiger partial charge in [-0.25, -0.2) is 4.39 Å². The van der Waals surface area contributed by atoms with Crippen molar-refractivity contribution >= 4 is 5.69 Å². The lowest BCUT2D eigenvalue weighted by Crippen LogP contribution is -2.32. The van der Waals surface area contributed by atoms with Crippen LogP contribution < -0.4 is 10.2 Å². The van der Waals surface area contributed by atoms with E-state index in [0.717, 1.165) is 17.8 Å². The Morgan fingerprint density at radius 3 is 2.53 bits per heavy atom. The predicted octanol–water partition coefficient (Wildman–Crippen LogP) is 3.73. The van der Waals surface area contributed by atoms with E-state index in [0.29, 0.717) is 12.0 Å². The van der Waals surface area contributed by atoms with Gasteiger partial charge in [-0.05, 0) is 44.4 Å². The van der Waals surface area contributed by atoms with Crippen molar-refractivity contribution in [3.63, 3.8) is 0 Å². The van der Waals surface area contributed by atoms with Gasteiger partial charge in [-0.1, -0.05) is 26.0 Å². The molecule has 1 aliphatic rings. The van der Waals surface area contributed by atoms with Gasteiger partial charge in [-0.15, -0.1) is 0 Å². The first-order valence-corrected chi connectivity index (χ1v) is 7.27. The zero-order chi connectivity index (χ0) is 14.0. The summed E-state index contributed by atoms with van der Waals surface area (Å²) in [5, 5.41) is 3.22. The van der Waals surface area contributed by atoms with Gasteiger partial charge in [0.25, 0.3) is 0 Å². The molecule has 1 fully saturated rings. The highest BCUT2D eigenvalue weighted by Crippen LogP contribution is 2.37. The molecule has 0 aliphatic heterocycles. The highest BCUT2D eigenvalue weighted by Gasteiger charge is 2.32. The summed E-state index contributed by atoms with van der Waals surface area (Å²) in [4.78, 5) is 2.28. The molecule has 0 amide bonds. The summed E-state index contributed by atoms with van der Waals surface area (Å²) in [7, 11) is 1.92. The summed E-state index contributed by atoms with van der Waals surface area (Å²) >= 11 is 0. The second-order valence-corrected chi connectivity index (χ2v) is 5.97. The summed E-state index contributed by atoms with van der Waals surface area (Å²) in [5.41, 5.74) is 1.87. The van der Waals surface area contributed by atoms with Crippen LogP contribution in [0.15, 0.2) is 18.2 Å². The van der Waals surface area contributed by atoms with Crippen LogP contribution in [0.3, 0.4) is 0 Å². The molecule has 1 N–H and O–H groups in total. The average molecular weight is 264 g/mol. The van der Waals surface area contributed by atoms with Gasteiger partial charge in [0.05, 0.1) is 5.69 Å². The summed E-state index contributed by atoms with van der Waals surface area (Å²) in [6.07, 6.45) is 2.38. The van der Waals surface area contributed by atoms with Crippen molar-refractivity contribution in [3.8, 4) is 0 Å². The van der Waals surface area contributed by atoms with E-state index in [9.17, 15) is 4.39 Å². The number of halogens is 1. The van der Waals surface area contributed by atoms with E-state index >= 15 is 0 Å². The van der Waals surface area contributed by atoms with E-state index in [-0.39, 0.29) is 11.9 Å². The molecule has 1 aliphatic carbocycles. The summed E-state index contributed by atoms with van der Waals surface area (Å²) in [6, 6.07) is 6.12. The molecule has 1 aromatic rings. The van der Waals surface area contributed by atoms with Gasteiger partial charge in [0, 0.05) is 18.6 Å². The Morgan fingerprint density at radius 1 is 1.32 bits per heavy atom. The molecule has 3 heteroatoms. The number of nitrogens with one attached hydrogen (secondary N) is 1. The zero-order valence-electron chi connectivity index (χ0n) is 12.4. The molecule has 2 nitrogen and oxygen atoms in total. The first kappa shape index (κ1) is 14.3. The number of rotatable bonds is 6. The molecule has 2 rings (SSSR count). The fourth-order valence-electron chi connectivity index (χ4n) is 2.54. The Bertz CT molecular complexity index is 427. The van der Waals surface area contributed by atoms with E-state index in [1.54, 1.807) is 6.07 Å². The smallest absolute Gasteiger partial charge is 0.146 e. The molecular formula is C16H25FN2. The van der Waals surface area contributed by atoms with Crippen LogP contribution in [-0.4, -0.2) is 19.6 Å². The number of benzene rings is 1. The number of nitrogens with zero attached hydrogens (tertiary/aromatic N) is 1. The quantitative estimate of drug-likeness (QED) is 0.842. The molecule has 1 saturated carbocycles. The van der Waals surface area contributed by atoms with Crippen LogP contribution in [0.4, 0.5) is 10.1 Å². The van der Waals surface area contributed by atoms with Crippen molar-refractivity contribution in [1.29, 1.82) is 0 Å². The highest BCUT2D eigenvalue weighted by atomic mass is 19.1. The molecule has 1 unspecified atom stereocenters. The Kier molecular flexibility index (Phi) is 4.46. The number of anilines is 1. The van der Waals surface area contributed by atoms with Gasteiger partial charge in [-0.3, -0.25) is 0 Å². The maximum Gasteiger partial charge on any atom is 0.146 e. The molecule has 0 heterocycles. The minimum absolute atomic E-state index is 0.0906. The van der Waals surface area contributed by atoms with E-state index in [2.05, 4.69) is 31.0 Å². The fourth-order valence-corrected chi connectivity index (χ4v) is 2.54. The lowest BCUT2D eigenvalue weighted by molar-refractivity contribution is 0.565. The van der Waals surface area contributed by atoms with Crippen LogP contribution >= 0.6 is 0 Å². The SMILES string of the molecule is CNC(C)c1cccc(F)c1N(CC(C)C)C1CC1. The van der Waals surface area contributed by atoms with Crippen molar-refractivity contribution in [1.82, 2.24) is 5.32 Å². The lowest BCUT2D eigenvalue weighted by atomic mass is 10.0. The number of hydrogen-bond acceptors (Lipinski definition) is 2. The van der Waals surface area contributed by atoms with Gasteiger partial charge in [0.1, 0.15) is 5.82 Å². The molecule has 0 aromatic heterocycles. The molecule has 1 atom stereocenters. The third kappa shape index (κ3) is 3.27. The van der Waals surface area contributed by atoms with Gasteiger partial charge in [0.2, 0.25) is 0 Å². The maximum atomic E-state index is 14.4. The Morgan fingerprint density at radius 2 is 2.00 bits per heavy atom. The van der Waals surface area contributed by atoms with Crippen LogP contribution in [0.2, 0.25) is 0 Å². The highest BCUT2D eigenvalue weighted by molar-refractivity contribution is 5.57. The summed E-state index contributed by atoms with van der Waals surface area (Å²) in [6.45, 7) is 7.39. The van der Waals surface area contributed by atoms with Gasteiger partial charge in [0.15, 0.2) is 0 Å². The van der Waals surface area contributed by atoms with Crippen LogP contribution in [0.5, 0.6) is 0 Å². The van der Waals surface area contributed by atoms with E-state index in [1.807, 2.05) is 19.2 Å². The predicted molar refractivity (Wildman–Crippen MR) is 79.1 cm³/mol. The van der Waals surface area contributed by atoms with Crippen LogP contribution in [-0.2, 0) is 0 Å². The van der Waals surface area contributed by atoms with Gasteiger partial charge < -0.3 is 10.2 Å². The number of para-hydroxylation sites is 1. The first-order chi connectivity index (χ1) is 9.04. The minimum atomic E-state index is -0.0906. The average Bonchev–Trinajstić information content (AvgIpc) is 3.19. The minimum Gasteiger partial charge on any atom is -0.366 e. The lowest BCUT2D eigenvalue weighted by Gasteiger charge is -2.30. The zero-order valence-corrected chi connectivity index (χ0v) is 12.4. The molecular weight excluding hydrogens is 239 g/mol. The normalized spacial score (nSPS) is 16.7. The van der Waals surface area contributed by atoms with Crippen molar-refractivity contribution in [2.24, 2.45) is 5.92 Å². The van der Waals surface area contributed by atoms with Crippen molar-refractivity contribution in [3.05, 3.63) is 29.6 Å².